The average Bonchev–Trinajstić information content (AvgIpc) is 2.98. The third-order valence-electron chi connectivity index (χ3n) is 3.47. The smallest absolute Gasteiger partial charge is 0.394 e. The molecule has 1 aromatic carbocycles. The zero-order chi connectivity index (χ0) is 16.4. The molecule has 0 unspecified atom stereocenters. The van der Waals surface area contributed by atoms with Gasteiger partial charge in [0.15, 0.2) is 0 Å². The van der Waals surface area contributed by atoms with Crippen molar-refractivity contribution in [1.82, 2.24) is 15.0 Å². The summed E-state index contributed by atoms with van der Waals surface area (Å²) < 4.78 is 39.4. The van der Waals surface area contributed by atoms with Gasteiger partial charge in [0.2, 0.25) is 0 Å². The van der Waals surface area contributed by atoms with Crippen molar-refractivity contribution in [1.29, 1.82) is 0 Å². The highest BCUT2D eigenvalue weighted by atomic mass is 19.4. The molecule has 0 radical (unpaired) electrons. The Hall–Kier alpha value is -2.61. The average molecular weight is 322 g/mol. The van der Waals surface area contributed by atoms with Crippen LogP contribution < -0.4 is 5.32 Å². The van der Waals surface area contributed by atoms with E-state index in [1.54, 1.807) is 24.3 Å². The van der Waals surface area contributed by atoms with Crippen LogP contribution in [0.25, 0.3) is 11.0 Å². The Kier molecular flexibility index (Phi) is 3.91. The van der Waals surface area contributed by atoms with Crippen molar-refractivity contribution < 1.29 is 18.3 Å². The molecule has 0 spiro atoms. The number of alkyl halides is 3. The topological polar surface area (TPSA) is 73.8 Å². The second kappa shape index (κ2) is 5.88. The first-order chi connectivity index (χ1) is 11.0. The minimum absolute atomic E-state index is 0.0199. The number of H-pyrrole nitrogens is 1. The molecule has 2 aromatic heterocycles. The quantitative estimate of drug-likeness (QED) is 0.690. The van der Waals surface area contributed by atoms with E-state index in [-0.39, 0.29) is 23.5 Å². The van der Waals surface area contributed by atoms with Crippen molar-refractivity contribution in [2.75, 3.05) is 11.9 Å². The van der Waals surface area contributed by atoms with Crippen LogP contribution in [0.4, 0.5) is 19.0 Å². The lowest BCUT2D eigenvalue weighted by atomic mass is 10.1. The zero-order valence-electron chi connectivity index (χ0n) is 11.8. The molecular formula is C15H13F3N4O. The Bertz CT molecular complexity index is 801. The van der Waals surface area contributed by atoms with Crippen LogP contribution in [0, 0.1) is 0 Å². The van der Waals surface area contributed by atoms with Gasteiger partial charge in [-0.25, -0.2) is 9.97 Å². The molecule has 0 saturated carbocycles. The maximum Gasteiger partial charge on any atom is 0.418 e. The summed E-state index contributed by atoms with van der Waals surface area (Å²) in [6.45, 7) is -0.290. The van der Waals surface area contributed by atoms with Crippen LogP contribution in [-0.2, 0) is 6.18 Å². The lowest BCUT2D eigenvalue weighted by Crippen LogP contribution is -2.16. The standard InChI is InChI=1S/C15H13F3N4O/c16-15(17,18)10-6-19-13-12(10)14(21-8-20-13)22-11(7-23)9-4-2-1-3-5-9/h1-6,8,11,23H,7H2,(H2,19,20,21,22)/t11-/m0/s1. The van der Waals surface area contributed by atoms with E-state index >= 15 is 0 Å². The van der Waals surface area contributed by atoms with E-state index in [0.717, 1.165) is 11.8 Å². The van der Waals surface area contributed by atoms with Gasteiger partial charge in [0.1, 0.15) is 17.8 Å². The van der Waals surface area contributed by atoms with E-state index in [1.807, 2.05) is 6.07 Å². The van der Waals surface area contributed by atoms with E-state index in [0.29, 0.717) is 0 Å². The number of halogens is 3. The van der Waals surface area contributed by atoms with Gasteiger partial charge in [0.25, 0.3) is 0 Å². The van der Waals surface area contributed by atoms with E-state index < -0.39 is 17.8 Å². The highest BCUT2D eigenvalue weighted by Crippen LogP contribution is 2.37. The van der Waals surface area contributed by atoms with Crippen molar-refractivity contribution in [2.45, 2.75) is 12.2 Å². The largest absolute Gasteiger partial charge is 0.418 e. The van der Waals surface area contributed by atoms with Gasteiger partial charge in [0.05, 0.1) is 23.6 Å². The normalized spacial score (nSPS) is 13.2. The molecule has 23 heavy (non-hydrogen) atoms. The van der Waals surface area contributed by atoms with E-state index in [9.17, 15) is 18.3 Å². The number of benzene rings is 1. The number of rotatable bonds is 4. The summed E-state index contributed by atoms with van der Waals surface area (Å²) in [6.07, 6.45) is -2.50. The number of hydrogen-bond acceptors (Lipinski definition) is 4. The van der Waals surface area contributed by atoms with Gasteiger partial charge in [-0.3, -0.25) is 0 Å². The predicted octanol–water partition coefficient (Wildman–Crippen LogP) is 3.12. The minimum atomic E-state index is -4.53. The molecule has 3 N–H and O–H groups in total. The Labute approximate surface area is 129 Å². The summed E-state index contributed by atoms with van der Waals surface area (Å²) >= 11 is 0. The molecule has 0 saturated heterocycles. The molecule has 0 aliphatic heterocycles. The molecule has 1 atom stereocenters. The molecule has 3 rings (SSSR count). The molecule has 0 fully saturated rings. The molecule has 2 heterocycles. The van der Waals surface area contributed by atoms with Crippen molar-refractivity contribution >= 4 is 16.9 Å². The number of aromatic nitrogens is 3. The van der Waals surface area contributed by atoms with Gasteiger partial charge in [-0.05, 0) is 5.56 Å². The first kappa shape index (κ1) is 15.3. The molecule has 120 valence electrons. The number of hydrogen-bond donors (Lipinski definition) is 3. The Morgan fingerprint density at radius 2 is 1.91 bits per heavy atom. The number of aliphatic hydroxyl groups is 1. The minimum Gasteiger partial charge on any atom is -0.394 e. The third kappa shape index (κ3) is 2.98. The Morgan fingerprint density at radius 1 is 1.17 bits per heavy atom. The molecule has 0 aliphatic carbocycles. The van der Waals surface area contributed by atoms with E-state index in [4.69, 9.17) is 0 Å². The second-order valence-electron chi connectivity index (χ2n) is 4.94. The predicted molar refractivity (Wildman–Crippen MR) is 78.8 cm³/mol. The van der Waals surface area contributed by atoms with Gasteiger partial charge in [0, 0.05) is 6.20 Å². The van der Waals surface area contributed by atoms with Gasteiger partial charge in [-0.2, -0.15) is 13.2 Å². The number of anilines is 1. The number of nitrogens with one attached hydrogen (secondary N) is 2. The van der Waals surface area contributed by atoms with Crippen LogP contribution in [0.3, 0.4) is 0 Å². The maximum atomic E-state index is 13.1. The van der Waals surface area contributed by atoms with Crippen LogP contribution >= 0.6 is 0 Å². The number of nitrogens with zero attached hydrogens (tertiary/aromatic N) is 2. The number of fused-ring (bicyclic) bond motifs is 1. The highest BCUT2D eigenvalue weighted by molar-refractivity contribution is 5.90. The first-order valence-corrected chi connectivity index (χ1v) is 6.82. The van der Waals surface area contributed by atoms with Gasteiger partial charge >= 0.3 is 6.18 Å². The maximum absolute atomic E-state index is 13.1. The SMILES string of the molecule is OC[C@H](Nc1ncnc2[nH]cc(C(F)(F)F)c12)c1ccccc1. The van der Waals surface area contributed by atoms with Crippen LogP contribution in [0.5, 0.6) is 0 Å². The fourth-order valence-electron chi connectivity index (χ4n) is 2.38. The van der Waals surface area contributed by atoms with Gasteiger partial charge < -0.3 is 15.4 Å². The summed E-state index contributed by atoms with van der Waals surface area (Å²) in [5, 5.41) is 12.3. The molecule has 0 bridgehead atoms. The Morgan fingerprint density at radius 3 is 2.57 bits per heavy atom. The fraction of sp³-hybridized carbons (Fsp3) is 0.200. The third-order valence-corrected chi connectivity index (χ3v) is 3.47. The summed E-state index contributed by atoms with van der Waals surface area (Å²) in [6, 6.07) is 8.35. The Balaban J connectivity index is 2.04. The molecule has 0 aliphatic rings. The van der Waals surface area contributed by atoms with Crippen LogP contribution in [0.15, 0.2) is 42.9 Å². The summed E-state index contributed by atoms with van der Waals surface area (Å²) in [5.74, 6) is 0.0199. The number of aromatic amines is 1. The molecule has 3 aromatic rings. The zero-order valence-corrected chi connectivity index (χ0v) is 11.8. The summed E-state index contributed by atoms with van der Waals surface area (Å²) in [7, 11) is 0. The van der Waals surface area contributed by atoms with Crippen molar-refractivity contribution in [3.05, 3.63) is 54.0 Å². The van der Waals surface area contributed by atoms with Crippen molar-refractivity contribution in [3.63, 3.8) is 0 Å². The van der Waals surface area contributed by atoms with E-state index in [2.05, 4.69) is 20.3 Å². The lowest BCUT2D eigenvalue weighted by molar-refractivity contribution is -0.136. The highest BCUT2D eigenvalue weighted by Gasteiger charge is 2.35. The fourth-order valence-corrected chi connectivity index (χ4v) is 2.38. The van der Waals surface area contributed by atoms with Crippen LogP contribution in [-0.4, -0.2) is 26.7 Å². The second-order valence-corrected chi connectivity index (χ2v) is 4.94. The van der Waals surface area contributed by atoms with Gasteiger partial charge in [-0.15, -0.1) is 0 Å². The monoisotopic (exact) mass is 322 g/mol. The molecule has 5 nitrogen and oxygen atoms in total. The van der Waals surface area contributed by atoms with Gasteiger partial charge in [-0.1, -0.05) is 30.3 Å². The van der Waals surface area contributed by atoms with Crippen molar-refractivity contribution in [2.24, 2.45) is 0 Å². The van der Waals surface area contributed by atoms with Crippen molar-refractivity contribution in [3.8, 4) is 0 Å². The number of aliphatic hydroxyl groups excluding tert-OH is 1. The van der Waals surface area contributed by atoms with Crippen LogP contribution in [0.2, 0.25) is 0 Å². The van der Waals surface area contributed by atoms with Crippen LogP contribution in [0.1, 0.15) is 17.2 Å². The molecule has 8 heteroatoms. The molecular weight excluding hydrogens is 309 g/mol. The summed E-state index contributed by atoms with van der Waals surface area (Å²) in [5.41, 5.74) is -0.0224. The first-order valence-electron chi connectivity index (χ1n) is 6.82. The lowest BCUT2D eigenvalue weighted by Gasteiger charge is -2.18. The molecule has 0 amide bonds. The summed E-state index contributed by atoms with van der Waals surface area (Å²) in [4.78, 5) is 10.2. The van der Waals surface area contributed by atoms with E-state index in [1.165, 1.54) is 6.33 Å².